The first kappa shape index (κ1) is 20.8. The molecule has 0 amide bonds. The first-order valence-electron chi connectivity index (χ1n) is 10.6. The molecular formula is C25H28N4O2. The van der Waals surface area contributed by atoms with E-state index in [0.717, 1.165) is 11.1 Å². The Kier molecular flexibility index (Phi) is 5.39. The average Bonchev–Trinajstić information content (AvgIpc) is 3.19. The van der Waals surface area contributed by atoms with Crippen molar-refractivity contribution in [3.63, 3.8) is 0 Å². The minimum Gasteiger partial charge on any atom is -0.325 e. The highest BCUT2D eigenvalue weighted by molar-refractivity contribution is 5.70. The SMILES string of the molecule is CCn1cnc2c1c(=O)n(Cc1ccc(C(C)(C)C)cc1)c(=O)n2Cc1ccccc1. The summed E-state index contributed by atoms with van der Waals surface area (Å²) in [4.78, 5) is 31.1. The van der Waals surface area contributed by atoms with Gasteiger partial charge in [-0.25, -0.2) is 9.78 Å². The van der Waals surface area contributed by atoms with E-state index >= 15 is 0 Å². The summed E-state index contributed by atoms with van der Waals surface area (Å²) < 4.78 is 4.73. The zero-order valence-corrected chi connectivity index (χ0v) is 18.5. The van der Waals surface area contributed by atoms with E-state index in [9.17, 15) is 9.59 Å². The quantitative estimate of drug-likeness (QED) is 0.498. The lowest BCUT2D eigenvalue weighted by Gasteiger charge is -2.19. The molecule has 0 unspecified atom stereocenters. The van der Waals surface area contributed by atoms with E-state index in [1.807, 2.05) is 49.4 Å². The van der Waals surface area contributed by atoms with Gasteiger partial charge in [-0.05, 0) is 29.0 Å². The van der Waals surface area contributed by atoms with Crippen molar-refractivity contribution in [3.8, 4) is 0 Å². The maximum Gasteiger partial charge on any atom is 0.333 e. The molecule has 0 spiro atoms. The molecule has 0 N–H and O–H groups in total. The van der Waals surface area contributed by atoms with Crippen LogP contribution < -0.4 is 11.2 Å². The van der Waals surface area contributed by atoms with Crippen LogP contribution in [0.3, 0.4) is 0 Å². The lowest BCUT2D eigenvalue weighted by atomic mass is 9.87. The normalized spacial score (nSPS) is 11.9. The maximum absolute atomic E-state index is 13.4. The van der Waals surface area contributed by atoms with Gasteiger partial charge in [0.1, 0.15) is 0 Å². The van der Waals surface area contributed by atoms with Gasteiger partial charge in [-0.3, -0.25) is 13.9 Å². The molecule has 4 rings (SSSR count). The molecule has 0 fully saturated rings. The number of aromatic nitrogens is 4. The number of rotatable bonds is 5. The molecule has 2 aromatic carbocycles. The van der Waals surface area contributed by atoms with Crippen LogP contribution in [-0.4, -0.2) is 18.7 Å². The van der Waals surface area contributed by atoms with Crippen LogP contribution in [0.2, 0.25) is 0 Å². The third-order valence-corrected chi connectivity index (χ3v) is 5.67. The van der Waals surface area contributed by atoms with Crippen molar-refractivity contribution in [2.75, 3.05) is 0 Å². The molecule has 4 aromatic rings. The second-order valence-electron chi connectivity index (χ2n) is 8.90. The molecule has 0 atom stereocenters. The highest BCUT2D eigenvalue weighted by atomic mass is 16.2. The second-order valence-corrected chi connectivity index (χ2v) is 8.90. The van der Waals surface area contributed by atoms with Crippen LogP contribution in [0.1, 0.15) is 44.4 Å². The predicted molar refractivity (Wildman–Crippen MR) is 124 cm³/mol. The van der Waals surface area contributed by atoms with Gasteiger partial charge in [0, 0.05) is 6.54 Å². The molecule has 0 bridgehead atoms. The van der Waals surface area contributed by atoms with Crippen LogP contribution in [-0.2, 0) is 25.0 Å². The summed E-state index contributed by atoms with van der Waals surface area (Å²) in [6.07, 6.45) is 1.63. The summed E-state index contributed by atoms with van der Waals surface area (Å²) in [6, 6.07) is 17.9. The topological polar surface area (TPSA) is 61.8 Å². The largest absolute Gasteiger partial charge is 0.333 e. The Morgan fingerprint density at radius 1 is 0.839 bits per heavy atom. The number of nitrogens with zero attached hydrogens (tertiary/aromatic N) is 4. The van der Waals surface area contributed by atoms with Gasteiger partial charge in [-0.1, -0.05) is 75.4 Å². The molecule has 0 aliphatic heterocycles. The molecular weight excluding hydrogens is 388 g/mol. The van der Waals surface area contributed by atoms with Crippen molar-refractivity contribution in [1.29, 1.82) is 0 Å². The van der Waals surface area contributed by atoms with Crippen molar-refractivity contribution < 1.29 is 0 Å². The van der Waals surface area contributed by atoms with Crippen LogP contribution in [0.4, 0.5) is 0 Å². The highest BCUT2D eigenvalue weighted by Gasteiger charge is 2.19. The van der Waals surface area contributed by atoms with Crippen LogP contribution in [0.15, 0.2) is 70.5 Å². The van der Waals surface area contributed by atoms with Gasteiger partial charge in [0.2, 0.25) is 0 Å². The zero-order valence-electron chi connectivity index (χ0n) is 18.5. The number of fused-ring (bicyclic) bond motifs is 1. The van der Waals surface area contributed by atoms with E-state index in [1.165, 1.54) is 10.1 Å². The Hall–Kier alpha value is -3.41. The van der Waals surface area contributed by atoms with Crippen molar-refractivity contribution in [2.45, 2.75) is 52.7 Å². The van der Waals surface area contributed by atoms with Gasteiger partial charge < -0.3 is 4.57 Å². The molecule has 31 heavy (non-hydrogen) atoms. The van der Waals surface area contributed by atoms with Crippen molar-refractivity contribution in [3.05, 3.63) is 98.5 Å². The summed E-state index contributed by atoms with van der Waals surface area (Å²) >= 11 is 0. The fourth-order valence-corrected chi connectivity index (χ4v) is 3.82. The molecule has 160 valence electrons. The van der Waals surface area contributed by atoms with Crippen molar-refractivity contribution in [2.24, 2.45) is 0 Å². The van der Waals surface area contributed by atoms with E-state index in [2.05, 4.69) is 37.9 Å². The minimum atomic E-state index is -0.345. The molecule has 0 aliphatic rings. The standard InChI is InChI=1S/C25H28N4O2/c1-5-27-17-26-22-21(27)23(30)29(16-19-11-13-20(14-12-19)25(2,3)4)24(31)28(22)15-18-9-7-6-8-10-18/h6-14,17H,5,15-16H2,1-4H3. The molecule has 0 aliphatic carbocycles. The molecule has 0 saturated heterocycles. The second kappa shape index (κ2) is 8.02. The van der Waals surface area contributed by atoms with Crippen molar-refractivity contribution in [1.82, 2.24) is 18.7 Å². The third kappa shape index (κ3) is 3.98. The Bertz CT molecular complexity index is 1320. The Labute approximate surface area is 181 Å². The van der Waals surface area contributed by atoms with E-state index in [1.54, 1.807) is 15.5 Å². The Morgan fingerprint density at radius 3 is 2.06 bits per heavy atom. The van der Waals surface area contributed by atoms with Crippen LogP contribution in [0, 0.1) is 0 Å². The summed E-state index contributed by atoms with van der Waals surface area (Å²) in [7, 11) is 0. The summed E-state index contributed by atoms with van der Waals surface area (Å²) in [5.41, 5.74) is 3.40. The van der Waals surface area contributed by atoms with Gasteiger partial charge in [0.25, 0.3) is 5.56 Å². The lowest BCUT2D eigenvalue weighted by Crippen LogP contribution is -2.41. The summed E-state index contributed by atoms with van der Waals surface area (Å²) in [5.74, 6) is 0. The molecule has 2 aromatic heterocycles. The van der Waals surface area contributed by atoms with E-state index < -0.39 is 0 Å². The Morgan fingerprint density at radius 2 is 1.45 bits per heavy atom. The fraction of sp³-hybridized carbons (Fsp3) is 0.320. The van der Waals surface area contributed by atoms with Gasteiger partial charge in [-0.2, -0.15) is 0 Å². The van der Waals surface area contributed by atoms with E-state index in [4.69, 9.17) is 0 Å². The predicted octanol–water partition coefficient (Wildman–Crippen LogP) is 3.77. The highest BCUT2D eigenvalue weighted by Crippen LogP contribution is 2.22. The van der Waals surface area contributed by atoms with Crippen LogP contribution in [0.25, 0.3) is 11.2 Å². The lowest BCUT2D eigenvalue weighted by molar-refractivity contribution is 0.589. The monoisotopic (exact) mass is 416 g/mol. The average molecular weight is 417 g/mol. The minimum absolute atomic E-state index is 0.0459. The Balaban J connectivity index is 1.85. The number of aryl methyl sites for hydroxylation is 1. The van der Waals surface area contributed by atoms with E-state index in [-0.39, 0.29) is 23.2 Å². The summed E-state index contributed by atoms with van der Waals surface area (Å²) in [6.45, 7) is 9.64. The number of imidazole rings is 1. The van der Waals surface area contributed by atoms with Gasteiger partial charge in [-0.15, -0.1) is 0 Å². The first-order valence-corrected chi connectivity index (χ1v) is 10.6. The fourth-order valence-electron chi connectivity index (χ4n) is 3.82. The number of hydrogen-bond acceptors (Lipinski definition) is 3. The van der Waals surface area contributed by atoms with Crippen molar-refractivity contribution >= 4 is 11.2 Å². The maximum atomic E-state index is 13.4. The smallest absolute Gasteiger partial charge is 0.325 e. The molecule has 0 radical (unpaired) electrons. The third-order valence-electron chi connectivity index (χ3n) is 5.67. The van der Waals surface area contributed by atoms with Gasteiger partial charge >= 0.3 is 5.69 Å². The zero-order chi connectivity index (χ0) is 22.2. The van der Waals surface area contributed by atoms with E-state index in [0.29, 0.717) is 24.3 Å². The molecule has 2 heterocycles. The van der Waals surface area contributed by atoms with Gasteiger partial charge in [0.15, 0.2) is 11.2 Å². The molecule has 0 saturated carbocycles. The number of hydrogen-bond donors (Lipinski definition) is 0. The van der Waals surface area contributed by atoms with Crippen LogP contribution in [0.5, 0.6) is 0 Å². The van der Waals surface area contributed by atoms with Gasteiger partial charge in [0.05, 0.1) is 19.4 Å². The molecule has 6 nitrogen and oxygen atoms in total. The van der Waals surface area contributed by atoms with Crippen LogP contribution >= 0.6 is 0 Å². The first-order chi connectivity index (χ1) is 14.8. The number of benzene rings is 2. The summed E-state index contributed by atoms with van der Waals surface area (Å²) in [5, 5.41) is 0. The molecule has 6 heteroatoms.